The maximum absolute atomic E-state index is 2.43. The first kappa shape index (κ1) is 10.7. The van der Waals surface area contributed by atoms with Crippen molar-refractivity contribution in [2.45, 2.75) is 53.9 Å². The van der Waals surface area contributed by atoms with Crippen LogP contribution < -0.4 is 0 Å². The highest BCUT2D eigenvalue weighted by molar-refractivity contribution is 5.12. The summed E-state index contributed by atoms with van der Waals surface area (Å²) in [6.45, 7) is 6.93. The molecule has 0 saturated carbocycles. The zero-order valence-electron chi connectivity index (χ0n) is 7.41. The van der Waals surface area contributed by atoms with Crippen molar-refractivity contribution in [2.24, 2.45) is 5.41 Å². The monoisotopic (exact) mass is 154 g/mol. The molecule has 0 N–H and O–H groups in total. The highest BCUT2D eigenvalue weighted by atomic mass is 14.2. The molecule has 1 rings (SSSR count). The third kappa shape index (κ3) is 3.09. The van der Waals surface area contributed by atoms with Gasteiger partial charge in [-0.2, -0.15) is 0 Å². The second-order valence-electron chi connectivity index (χ2n) is 4.23. The maximum atomic E-state index is 2.43. The molecule has 0 aromatic carbocycles. The van der Waals surface area contributed by atoms with Gasteiger partial charge >= 0.3 is 0 Å². The first-order valence-electron chi connectivity index (χ1n) is 4.30. The lowest BCUT2D eigenvalue weighted by molar-refractivity contribution is 0.460. The van der Waals surface area contributed by atoms with Crippen LogP contribution in [0.4, 0.5) is 0 Å². The Bertz CT molecular complexity index is 135. The Labute approximate surface area is 71.7 Å². The summed E-state index contributed by atoms with van der Waals surface area (Å²) in [5.41, 5.74) is 2.10. The zero-order chi connectivity index (χ0) is 7.61. The van der Waals surface area contributed by atoms with E-state index in [2.05, 4.69) is 26.8 Å². The minimum absolute atomic E-state index is 0. The number of rotatable bonds is 0. The van der Waals surface area contributed by atoms with Crippen LogP contribution in [-0.4, -0.2) is 0 Å². The van der Waals surface area contributed by atoms with Gasteiger partial charge in [-0.1, -0.05) is 39.8 Å². The van der Waals surface area contributed by atoms with E-state index in [4.69, 9.17) is 0 Å². The second kappa shape index (κ2) is 3.94. The van der Waals surface area contributed by atoms with Crippen molar-refractivity contribution in [3.05, 3.63) is 11.6 Å². The number of allylic oxidation sites excluding steroid dienone is 2. The summed E-state index contributed by atoms with van der Waals surface area (Å²) < 4.78 is 0. The Morgan fingerprint density at radius 3 is 2.09 bits per heavy atom. The molecule has 0 aliphatic heterocycles. The Hall–Kier alpha value is -0.260. The SMILES string of the molecule is C.CC(C)(C)C1=CCCCC1. The minimum Gasteiger partial charge on any atom is -0.0848 e. The van der Waals surface area contributed by atoms with Gasteiger partial charge in [0, 0.05) is 0 Å². The molecule has 0 radical (unpaired) electrons. The fourth-order valence-electron chi connectivity index (χ4n) is 1.52. The Morgan fingerprint density at radius 2 is 1.82 bits per heavy atom. The molecule has 0 fully saturated rings. The van der Waals surface area contributed by atoms with Gasteiger partial charge in [0.15, 0.2) is 0 Å². The predicted molar refractivity (Wildman–Crippen MR) is 52.7 cm³/mol. The molecule has 0 unspecified atom stereocenters. The van der Waals surface area contributed by atoms with Gasteiger partial charge in [-0.15, -0.1) is 0 Å². The smallest absolute Gasteiger partial charge is 0.0173 e. The third-order valence-corrected chi connectivity index (χ3v) is 2.25. The summed E-state index contributed by atoms with van der Waals surface area (Å²) in [6, 6.07) is 0. The lowest BCUT2D eigenvalue weighted by atomic mass is 9.80. The largest absolute Gasteiger partial charge is 0.0848 e. The van der Waals surface area contributed by atoms with Crippen molar-refractivity contribution < 1.29 is 0 Å². The zero-order valence-corrected chi connectivity index (χ0v) is 7.41. The average molecular weight is 154 g/mol. The van der Waals surface area contributed by atoms with E-state index < -0.39 is 0 Å². The Kier molecular flexibility index (Phi) is 3.85. The van der Waals surface area contributed by atoms with Gasteiger partial charge in [0.05, 0.1) is 0 Å². The highest BCUT2D eigenvalue weighted by Gasteiger charge is 2.17. The molecule has 66 valence electrons. The van der Waals surface area contributed by atoms with Gasteiger partial charge in [-0.25, -0.2) is 0 Å². The van der Waals surface area contributed by atoms with E-state index in [0.29, 0.717) is 5.41 Å². The summed E-state index contributed by atoms with van der Waals surface area (Å²) in [5, 5.41) is 0. The highest BCUT2D eigenvalue weighted by Crippen LogP contribution is 2.32. The molecule has 0 aromatic rings. The molecule has 0 atom stereocenters. The predicted octanol–water partition coefficient (Wildman–Crippen LogP) is 4.17. The topological polar surface area (TPSA) is 0 Å². The van der Waals surface area contributed by atoms with Crippen LogP contribution in [0.3, 0.4) is 0 Å². The lowest BCUT2D eigenvalue weighted by Gasteiger charge is -2.25. The van der Waals surface area contributed by atoms with Crippen LogP contribution in [0.15, 0.2) is 11.6 Å². The summed E-state index contributed by atoms with van der Waals surface area (Å²) in [7, 11) is 0. The van der Waals surface area contributed by atoms with Crippen LogP contribution in [-0.2, 0) is 0 Å². The molecule has 1 aliphatic carbocycles. The van der Waals surface area contributed by atoms with Gasteiger partial charge in [0.25, 0.3) is 0 Å². The third-order valence-electron chi connectivity index (χ3n) is 2.25. The van der Waals surface area contributed by atoms with Crippen molar-refractivity contribution in [2.75, 3.05) is 0 Å². The molecule has 0 spiro atoms. The summed E-state index contributed by atoms with van der Waals surface area (Å²) in [5.74, 6) is 0. The van der Waals surface area contributed by atoms with Gasteiger partial charge in [-0.3, -0.25) is 0 Å². The Morgan fingerprint density at radius 1 is 1.18 bits per heavy atom. The van der Waals surface area contributed by atoms with Gasteiger partial charge < -0.3 is 0 Å². The van der Waals surface area contributed by atoms with Crippen LogP contribution in [0, 0.1) is 5.41 Å². The molecular formula is C11H22. The van der Waals surface area contributed by atoms with Crippen molar-refractivity contribution in [3.63, 3.8) is 0 Å². The number of hydrogen-bond acceptors (Lipinski definition) is 0. The molecule has 0 saturated heterocycles. The summed E-state index contributed by atoms with van der Waals surface area (Å²) in [6.07, 6.45) is 7.89. The molecule has 0 aromatic heterocycles. The van der Waals surface area contributed by atoms with Gasteiger partial charge in [-0.05, 0) is 31.1 Å². The lowest BCUT2D eigenvalue weighted by Crippen LogP contribution is -2.11. The van der Waals surface area contributed by atoms with E-state index in [9.17, 15) is 0 Å². The van der Waals surface area contributed by atoms with Crippen molar-refractivity contribution in [1.82, 2.24) is 0 Å². The van der Waals surface area contributed by atoms with Gasteiger partial charge in [0.1, 0.15) is 0 Å². The first-order valence-corrected chi connectivity index (χ1v) is 4.30. The fourth-order valence-corrected chi connectivity index (χ4v) is 1.52. The maximum Gasteiger partial charge on any atom is -0.0173 e. The van der Waals surface area contributed by atoms with E-state index in [1.807, 2.05) is 0 Å². The molecule has 0 heterocycles. The molecular weight excluding hydrogens is 132 g/mol. The molecule has 0 heteroatoms. The van der Waals surface area contributed by atoms with E-state index in [1.54, 1.807) is 5.57 Å². The minimum atomic E-state index is 0. The van der Waals surface area contributed by atoms with Crippen LogP contribution >= 0.6 is 0 Å². The molecule has 1 aliphatic rings. The van der Waals surface area contributed by atoms with E-state index in [0.717, 1.165) is 0 Å². The second-order valence-corrected chi connectivity index (χ2v) is 4.23. The normalized spacial score (nSPS) is 18.6. The van der Waals surface area contributed by atoms with Crippen LogP contribution in [0.1, 0.15) is 53.9 Å². The van der Waals surface area contributed by atoms with Crippen molar-refractivity contribution in [3.8, 4) is 0 Å². The van der Waals surface area contributed by atoms with E-state index >= 15 is 0 Å². The molecule has 0 bridgehead atoms. The quantitative estimate of drug-likeness (QED) is 0.459. The van der Waals surface area contributed by atoms with E-state index in [-0.39, 0.29) is 7.43 Å². The van der Waals surface area contributed by atoms with Crippen LogP contribution in [0.2, 0.25) is 0 Å². The Balaban J connectivity index is 0.000001000. The van der Waals surface area contributed by atoms with Crippen molar-refractivity contribution >= 4 is 0 Å². The first-order chi connectivity index (χ1) is 4.61. The van der Waals surface area contributed by atoms with Gasteiger partial charge in [0.2, 0.25) is 0 Å². The van der Waals surface area contributed by atoms with E-state index in [1.165, 1.54) is 25.7 Å². The average Bonchev–Trinajstić information content (AvgIpc) is 1.88. The standard InChI is InChI=1S/C10H18.CH4/c1-10(2,3)9-7-5-4-6-8-9;/h7H,4-6,8H2,1-3H3;1H4. The van der Waals surface area contributed by atoms with Crippen molar-refractivity contribution in [1.29, 1.82) is 0 Å². The summed E-state index contributed by atoms with van der Waals surface area (Å²) >= 11 is 0. The fraction of sp³-hybridized carbons (Fsp3) is 0.818. The molecule has 0 amide bonds. The van der Waals surface area contributed by atoms with Crippen LogP contribution in [0.25, 0.3) is 0 Å². The number of hydrogen-bond donors (Lipinski definition) is 0. The van der Waals surface area contributed by atoms with Crippen LogP contribution in [0.5, 0.6) is 0 Å². The molecule has 11 heavy (non-hydrogen) atoms. The summed E-state index contributed by atoms with van der Waals surface area (Å²) in [4.78, 5) is 0. The molecule has 0 nitrogen and oxygen atoms in total.